The van der Waals surface area contributed by atoms with Gasteiger partial charge in [0, 0.05) is 6.54 Å². The number of nitrogens with zero attached hydrogens (tertiary/aromatic N) is 1. The molecule has 1 fully saturated rings. The number of carbonyl (C=O) groups is 2. The fourth-order valence-corrected chi connectivity index (χ4v) is 3.69. The standard InChI is InChI=1S/C20H22N2O3/c21-18(23)14-19(24)22-13-7-12-17(22)20(25,15-8-3-1-4-9-15)16-10-5-2-6-11-16/h1-6,8-11,17,25H,7,12-14H2,(H2,21,23)/t17-/m1/s1. The second kappa shape index (κ2) is 7.07. The highest BCUT2D eigenvalue weighted by Gasteiger charge is 2.47. The van der Waals surface area contributed by atoms with E-state index in [4.69, 9.17) is 5.73 Å². The number of likely N-dealkylation sites (tertiary alicyclic amines) is 1. The minimum atomic E-state index is -1.34. The minimum absolute atomic E-state index is 0.333. The van der Waals surface area contributed by atoms with E-state index >= 15 is 0 Å². The molecule has 5 heteroatoms. The molecule has 1 aliphatic heterocycles. The Morgan fingerprint density at radius 1 is 1.04 bits per heavy atom. The Hall–Kier alpha value is -2.66. The summed E-state index contributed by atoms with van der Waals surface area (Å²) in [5, 5.41) is 11.8. The predicted octanol–water partition coefficient (Wildman–Crippen LogP) is 1.79. The second-order valence-electron chi connectivity index (χ2n) is 6.39. The number of hydrogen-bond acceptors (Lipinski definition) is 3. The molecule has 0 aromatic heterocycles. The number of aliphatic hydroxyl groups is 1. The first-order chi connectivity index (χ1) is 12.0. The fraction of sp³-hybridized carbons (Fsp3) is 0.300. The lowest BCUT2D eigenvalue weighted by Crippen LogP contribution is -2.51. The Morgan fingerprint density at radius 3 is 2.04 bits per heavy atom. The summed E-state index contributed by atoms with van der Waals surface area (Å²) >= 11 is 0. The maximum atomic E-state index is 12.5. The maximum Gasteiger partial charge on any atom is 0.232 e. The first-order valence-corrected chi connectivity index (χ1v) is 8.44. The van der Waals surface area contributed by atoms with Crippen LogP contribution in [0.3, 0.4) is 0 Å². The van der Waals surface area contributed by atoms with Crippen molar-refractivity contribution < 1.29 is 14.7 Å². The molecule has 3 N–H and O–H groups in total. The van der Waals surface area contributed by atoms with Crippen LogP contribution in [0.2, 0.25) is 0 Å². The first-order valence-electron chi connectivity index (χ1n) is 8.44. The van der Waals surface area contributed by atoms with Gasteiger partial charge in [0.1, 0.15) is 12.0 Å². The molecule has 1 aliphatic rings. The molecule has 3 rings (SSSR count). The van der Waals surface area contributed by atoms with Crippen molar-refractivity contribution in [3.8, 4) is 0 Å². The number of amides is 2. The van der Waals surface area contributed by atoms with Crippen molar-refractivity contribution in [2.45, 2.75) is 30.9 Å². The molecule has 2 amide bonds. The molecule has 0 bridgehead atoms. The SMILES string of the molecule is NC(=O)CC(=O)N1CCC[C@@H]1C(O)(c1ccccc1)c1ccccc1. The summed E-state index contributed by atoms with van der Waals surface area (Å²) in [6, 6.07) is 18.3. The highest BCUT2D eigenvalue weighted by atomic mass is 16.3. The predicted molar refractivity (Wildman–Crippen MR) is 94.4 cm³/mol. The third kappa shape index (κ3) is 3.28. The molecular weight excluding hydrogens is 316 g/mol. The van der Waals surface area contributed by atoms with Crippen molar-refractivity contribution in [1.82, 2.24) is 4.90 Å². The van der Waals surface area contributed by atoms with Gasteiger partial charge in [-0.05, 0) is 24.0 Å². The van der Waals surface area contributed by atoms with Crippen LogP contribution in [0.1, 0.15) is 30.4 Å². The Labute approximate surface area is 147 Å². The third-order valence-electron chi connectivity index (χ3n) is 4.81. The summed E-state index contributed by atoms with van der Waals surface area (Å²) in [5.41, 5.74) is 5.30. The summed E-state index contributed by atoms with van der Waals surface area (Å²) in [4.78, 5) is 25.3. The van der Waals surface area contributed by atoms with Gasteiger partial charge in [-0.25, -0.2) is 0 Å². The molecule has 0 radical (unpaired) electrons. The average Bonchev–Trinajstić information content (AvgIpc) is 3.12. The van der Waals surface area contributed by atoms with Gasteiger partial charge < -0.3 is 15.7 Å². The number of nitrogens with two attached hydrogens (primary N) is 1. The molecule has 1 atom stereocenters. The molecule has 2 aromatic carbocycles. The zero-order valence-corrected chi connectivity index (χ0v) is 14.0. The van der Waals surface area contributed by atoms with Crippen LogP contribution in [-0.2, 0) is 15.2 Å². The van der Waals surface area contributed by atoms with E-state index in [2.05, 4.69) is 0 Å². The molecule has 1 heterocycles. The second-order valence-corrected chi connectivity index (χ2v) is 6.39. The van der Waals surface area contributed by atoms with Gasteiger partial charge in [-0.1, -0.05) is 60.7 Å². The van der Waals surface area contributed by atoms with Crippen molar-refractivity contribution in [3.05, 3.63) is 71.8 Å². The minimum Gasteiger partial charge on any atom is -0.378 e. The van der Waals surface area contributed by atoms with Gasteiger partial charge in [0.05, 0.1) is 6.04 Å². The molecule has 5 nitrogen and oxygen atoms in total. The van der Waals surface area contributed by atoms with E-state index in [1.54, 1.807) is 4.90 Å². The quantitative estimate of drug-likeness (QED) is 0.815. The zero-order chi connectivity index (χ0) is 17.9. The van der Waals surface area contributed by atoms with Crippen molar-refractivity contribution >= 4 is 11.8 Å². The van der Waals surface area contributed by atoms with Crippen LogP contribution < -0.4 is 5.73 Å². The first kappa shape index (κ1) is 17.2. The van der Waals surface area contributed by atoms with Gasteiger partial charge in [0.15, 0.2) is 0 Å². The van der Waals surface area contributed by atoms with E-state index in [0.29, 0.717) is 13.0 Å². The molecule has 0 spiro atoms. The monoisotopic (exact) mass is 338 g/mol. The van der Waals surface area contributed by atoms with Crippen molar-refractivity contribution in [2.24, 2.45) is 5.73 Å². The summed E-state index contributed by atoms with van der Waals surface area (Å²) in [5.74, 6) is -0.987. The molecule has 0 aliphatic carbocycles. The van der Waals surface area contributed by atoms with Crippen molar-refractivity contribution in [2.75, 3.05) is 6.54 Å². The van der Waals surface area contributed by atoms with Crippen LogP contribution in [0, 0.1) is 0 Å². The van der Waals surface area contributed by atoms with Gasteiger partial charge >= 0.3 is 0 Å². The van der Waals surface area contributed by atoms with Gasteiger partial charge in [0.2, 0.25) is 11.8 Å². The summed E-state index contributed by atoms with van der Waals surface area (Å²) in [6.07, 6.45) is 1.10. The van der Waals surface area contributed by atoms with Gasteiger partial charge in [-0.2, -0.15) is 0 Å². The van der Waals surface area contributed by atoms with Gasteiger partial charge in [-0.15, -0.1) is 0 Å². The van der Waals surface area contributed by atoms with Crippen LogP contribution in [0.5, 0.6) is 0 Å². The topological polar surface area (TPSA) is 83.6 Å². The lowest BCUT2D eigenvalue weighted by Gasteiger charge is -2.40. The van der Waals surface area contributed by atoms with E-state index in [-0.39, 0.29) is 12.3 Å². The lowest BCUT2D eigenvalue weighted by molar-refractivity contribution is -0.139. The average molecular weight is 338 g/mol. The molecule has 2 aromatic rings. The zero-order valence-electron chi connectivity index (χ0n) is 14.0. The molecule has 0 saturated carbocycles. The van der Waals surface area contributed by atoms with Crippen LogP contribution in [0.15, 0.2) is 60.7 Å². The van der Waals surface area contributed by atoms with Gasteiger partial charge in [-0.3, -0.25) is 9.59 Å². The number of carbonyl (C=O) groups excluding carboxylic acids is 2. The number of rotatable bonds is 5. The molecule has 0 unspecified atom stereocenters. The Kier molecular flexibility index (Phi) is 4.86. The molecular formula is C20H22N2O3. The summed E-state index contributed by atoms with van der Waals surface area (Å²) < 4.78 is 0. The molecule has 130 valence electrons. The van der Waals surface area contributed by atoms with Crippen molar-refractivity contribution in [3.63, 3.8) is 0 Å². The van der Waals surface area contributed by atoms with Crippen molar-refractivity contribution in [1.29, 1.82) is 0 Å². The number of benzene rings is 2. The Bertz CT molecular complexity index is 707. The lowest BCUT2D eigenvalue weighted by atomic mass is 9.79. The summed E-state index contributed by atoms with van der Waals surface area (Å²) in [7, 11) is 0. The smallest absolute Gasteiger partial charge is 0.232 e. The third-order valence-corrected chi connectivity index (χ3v) is 4.81. The van der Waals surface area contributed by atoms with E-state index in [0.717, 1.165) is 17.5 Å². The fourth-order valence-electron chi connectivity index (χ4n) is 3.69. The molecule has 1 saturated heterocycles. The maximum absolute atomic E-state index is 12.5. The summed E-state index contributed by atoms with van der Waals surface area (Å²) in [6.45, 7) is 0.513. The van der Waals surface area contributed by atoms with Gasteiger partial charge in [0.25, 0.3) is 0 Å². The van der Waals surface area contributed by atoms with E-state index in [1.165, 1.54) is 0 Å². The Balaban J connectivity index is 2.06. The highest BCUT2D eigenvalue weighted by molar-refractivity contribution is 5.96. The van der Waals surface area contributed by atoms with Crippen LogP contribution in [0.25, 0.3) is 0 Å². The molecule has 25 heavy (non-hydrogen) atoms. The highest BCUT2D eigenvalue weighted by Crippen LogP contribution is 2.40. The Morgan fingerprint density at radius 2 is 1.56 bits per heavy atom. The van der Waals surface area contributed by atoms with Crippen LogP contribution >= 0.6 is 0 Å². The normalized spacial score (nSPS) is 17.5. The largest absolute Gasteiger partial charge is 0.378 e. The number of hydrogen-bond donors (Lipinski definition) is 2. The van der Waals surface area contributed by atoms with E-state index in [1.807, 2.05) is 60.7 Å². The van der Waals surface area contributed by atoms with E-state index in [9.17, 15) is 14.7 Å². The van der Waals surface area contributed by atoms with Crippen LogP contribution in [0.4, 0.5) is 0 Å². The van der Waals surface area contributed by atoms with E-state index < -0.39 is 17.6 Å². The number of primary amides is 1. The van der Waals surface area contributed by atoms with Crippen LogP contribution in [-0.4, -0.2) is 34.4 Å².